The van der Waals surface area contributed by atoms with Crippen LogP contribution in [0.25, 0.3) is 5.65 Å². The molecule has 3 aromatic rings. The van der Waals surface area contributed by atoms with Crippen molar-refractivity contribution >= 4 is 17.5 Å². The van der Waals surface area contributed by atoms with Crippen molar-refractivity contribution in [2.24, 2.45) is 11.8 Å². The number of imidazole rings is 1. The molecule has 2 amide bonds. The van der Waals surface area contributed by atoms with Crippen LogP contribution in [0, 0.1) is 11.8 Å². The molecule has 0 unspecified atom stereocenters. The Kier molecular flexibility index (Phi) is 8.98. The highest BCUT2D eigenvalue weighted by Crippen LogP contribution is 2.43. The number of benzene rings is 1. The summed E-state index contributed by atoms with van der Waals surface area (Å²) in [5, 5.41) is 10.6. The number of carbonyl (C=O) groups is 2. The second kappa shape index (κ2) is 12.7. The molecular formula is C30H35F4N5O3. The third-order valence-corrected chi connectivity index (χ3v) is 7.92. The number of amides is 2. The Bertz CT molecular complexity index is 1400. The van der Waals surface area contributed by atoms with Crippen LogP contribution in [-0.4, -0.2) is 45.4 Å². The maximum atomic E-state index is 14.0. The highest BCUT2D eigenvalue weighted by atomic mass is 19.3. The van der Waals surface area contributed by atoms with Crippen molar-refractivity contribution in [2.45, 2.75) is 82.7 Å². The molecule has 1 aromatic carbocycles. The lowest BCUT2D eigenvalue weighted by Crippen LogP contribution is -2.37. The Morgan fingerprint density at radius 3 is 2.50 bits per heavy atom. The quantitative estimate of drug-likeness (QED) is 0.251. The first-order valence-electron chi connectivity index (χ1n) is 14.5. The minimum absolute atomic E-state index is 0.0149. The van der Waals surface area contributed by atoms with Gasteiger partial charge in [-0.3, -0.25) is 9.59 Å². The van der Waals surface area contributed by atoms with Gasteiger partial charge in [0, 0.05) is 24.8 Å². The van der Waals surface area contributed by atoms with Crippen LogP contribution in [0.2, 0.25) is 0 Å². The van der Waals surface area contributed by atoms with Crippen molar-refractivity contribution in [2.75, 3.05) is 6.61 Å². The summed E-state index contributed by atoms with van der Waals surface area (Å²) in [7, 11) is 0. The zero-order chi connectivity index (χ0) is 29.9. The number of halogens is 4. The molecule has 8 nitrogen and oxygen atoms in total. The van der Waals surface area contributed by atoms with Gasteiger partial charge in [-0.1, -0.05) is 13.0 Å². The average molecular weight is 590 g/mol. The molecule has 2 fully saturated rings. The zero-order valence-electron chi connectivity index (χ0n) is 23.4. The standard InChI is InChI=1S/C30H35F4N5O3/c1-2-4-26(40)37-27(18-7-8-18)21-14-25-36-23(16-39(25)35-15-21)28(19-9-11-30(33,34)12-10-19)38-29(41)20-5-3-6-22(13-20)42-17-24(31)32/h3,5-6,13-16,18-19,24,27-28H,2,4,7-12,17H2,1H3,(H,37,40)(H,38,41)/t27-,28+/m1/s1. The van der Waals surface area contributed by atoms with Crippen LogP contribution in [0.15, 0.2) is 42.7 Å². The van der Waals surface area contributed by atoms with Gasteiger partial charge >= 0.3 is 0 Å². The van der Waals surface area contributed by atoms with Crippen LogP contribution in [0.4, 0.5) is 17.6 Å². The van der Waals surface area contributed by atoms with E-state index in [-0.39, 0.29) is 54.9 Å². The lowest BCUT2D eigenvalue weighted by Gasteiger charge is -2.33. The molecule has 0 spiro atoms. The van der Waals surface area contributed by atoms with E-state index in [1.54, 1.807) is 16.9 Å². The van der Waals surface area contributed by atoms with E-state index < -0.39 is 30.9 Å². The molecule has 5 rings (SSSR count). The van der Waals surface area contributed by atoms with E-state index in [1.165, 1.54) is 24.3 Å². The third kappa shape index (κ3) is 7.38. The fourth-order valence-corrected chi connectivity index (χ4v) is 5.55. The molecule has 2 aliphatic rings. The monoisotopic (exact) mass is 589 g/mol. The highest BCUT2D eigenvalue weighted by Gasteiger charge is 2.39. The average Bonchev–Trinajstić information content (AvgIpc) is 3.71. The van der Waals surface area contributed by atoms with Gasteiger partial charge in [-0.05, 0) is 73.8 Å². The zero-order valence-corrected chi connectivity index (χ0v) is 23.4. The number of nitrogens with zero attached hydrogens (tertiary/aromatic N) is 3. The van der Waals surface area contributed by atoms with E-state index in [0.29, 0.717) is 23.7 Å². The van der Waals surface area contributed by atoms with Gasteiger partial charge in [0.15, 0.2) is 5.65 Å². The Labute approximate surface area is 241 Å². The number of rotatable bonds is 12. The molecule has 0 saturated heterocycles. The van der Waals surface area contributed by atoms with Gasteiger partial charge in [0.25, 0.3) is 12.3 Å². The van der Waals surface area contributed by atoms with Crippen molar-refractivity contribution in [3.8, 4) is 5.75 Å². The number of fused-ring (bicyclic) bond motifs is 1. The van der Waals surface area contributed by atoms with E-state index in [4.69, 9.17) is 9.72 Å². The SMILES string of the molecule is CCCC(=O)N[C@@H](c1cnn2cc([C@@H](NC(=O)c3cccc(OCC(F)F)c3)C3CCC(F)(F)CC3)nc2c1)C1CC1. The summed E-state index contributed by atoms with van der Waals surface area (Å²) in [6, 6.07) is 6.90. The van der Waals surface area contributed by atoms with Crippen molar-refractivity contribution < 1.29 is 31.9 Å². The Balaban J connectivity index is 1.41. The first kappa shape index (κ1) is 29.8. The van der Waals surface area contributed by atoms with Crippen molar-refractivity contribution in [1.29, 1.82) is 0 Å². The van der Waals surface area contributed by atoms with Crippen molar-refractivity contribution in [3.63, 3.8) is 0 Å². The fraction of sp³-hybridized carbons (Fsp3) is 0.533. The summed E-state index contributed by atoms with van der Waals surface area (Å²) < 4.78 is 59.9. The third-order valence-electron chi connectivity index (χ3n) is 7.92. The molecule has 2 aliphatic carbocycles. The number of hydrogen-bond acceptors (Lipinski definition) is 5. The Hall–Kier alpha value is -3.70. The largest absolute Gasteiger partial charge is 0.488 e. The van der Waals surface area contributed by atoms with E-state index in [0.717, 1.165) is 24.8 Å². The summed E-state index contributed by atoms with van der Waals surface area (Å²) in [5.74, 6) is -3.12. The van der Waals surface area contributed by atoms with Crippen LogP contribution in [0.3, 0.4) is 0 Å². The maximum Gasteiger partial charge on any atom is 0.272 e. The summed E-state index contributed by atoms with van der Waals surface area (Å²) in [6.07, 6.45) is 3.72. The topological polar surface area (TPSA) is 97.6 Å². The van der Waals surface area contributed by atoms with Gasteiger partial charge in [-0.2, -0.15) is 5.10 Å². The molecule has 0 bridgehead atoms. The van der Waals surface area contributed by atoms with Crippen molar-refractivity contribution in [3.05, 3.63) is 59.5 Å². The van der Waals surface area contributed by atoms with E-state index in [9.17, 15) is 27.2 Å². The van der Waals surface area contributed by atoms with Gasteiger partial charge in [-0.15, -0.1) is 0 Å². The fourth-order valence-electron chi connectivity index (χ4n) is 5.55. The summed E-state index contributed by atoms with van der Waals surface area (Å²) in [4.78, 5) is 30.4. The lowest BCUT2D eigenvalue weighted by atomic mass is 9.81. The molecule has 2 heterocycles. The molecule has 0 radical (unpaired) electrons. The molecule has 2 N–H and O–H groups in total. The smallest absolute Gasteiger partial charge is 0.272 e. The lowest BCUT2D eigenvalue weighted by molar-refractivity contribution is -0.122. The number of carbonyl (C=O) groups excluding carboxylic acids is 2. The normalized spacial score (nSPS) is 18.5. The van der Waals surface area contributed by atoms with Gasteiger partial charge < -0.3 is 15.4 Å². The minimum Gasteiger partial charge on any atom is -0.488 e. The minimum atomic E-state index is -2.75. The molecule has 12 heteroatoms. The maximum absolute atomic E-state index is 14.0. The number of hydrogen-bond donors (Lipinski definition) is 2. The summed E-state index contributed by atoms with van der Waals surface area (Å²) in [5.41, 5.74) is 2.02. The van der Waals surface area contributed by atoms with E-state index >= 15 is 0 Å². The predicted molar refractivity (Wildman–Crippen MR) is 147 cm³/mol. The predicted octanol–water partition coefficient (Wildman–Crippen LogP) is 6.04. The number of alkyl halides is 4. The molecule has 2 aromatic heterocycles. The molecule has 2 atom stereocenters. The van der Waals surface area contributed by atoms with Gasteiger partial charge in [0.1, 0.15) is 12.4 Å². The number of aromatic nitrogens is 3. The summed E-state index contributed by atoms with van der Waals surface area (Å²) >= 11 is 0. The first-order chi connectivity index (χ1) is 20.1. The van der Waals surface area contributed by atoms with Gasteiger partial charge in [0.2, 0.25) is 11.8 Å². The molecule has 226 valence electrons. The first-order valence-corrected chi connectivity index (χ1v) is 14.5. The van der Waals surface area contributed by atoms with Crippen LogP contribution >= 0.6 is 0 Å². The highest BCUT2D eigenvalue weighted by molar-refractivity contribution is 5.94. The Morgan fingerprint density at radius 1 is 1.07 bits per heavy atom. The van der Waals surface area contributed by atoms with E-state index in [1.807, 2.05) is 13.0 Å². The van der Waals surface area contributed by atoms with Crippen LogP contribution in [-0.2, 0) is 4.79 Å². The molecule has 2 saturated carbocycles. The second-order valence-electron chi connectivity index (χ2n) is 11.3. The molecular weight excluding hydrogens is 554 g/mol. The van der Waals surface area contributed by atoms with Crippen LogP contribution < -0.4 is 15.4 Å². The van der Waals surface area contributed by atoms with Gasteiger partial charge in [-0.25, -0.2) is 27.1 Å². The number of nitrogens with one attached hydrogen (secondary N) is 2. The summed E-state index contributed by atoms with van der Waals surface area (Å²) in [6.45, 7) is 1.15. The van der Waals surface area contributed by atoms with Crippen LogP contribution in [0.5, 0.6) is 5.75 Å². The van der Waals surface area contributed by atoms with Crippen molar-refractivity contribution in [1.82, 2.24) is 25.2 Å². The number of ether oxygens (including phenoxy) is 1. The molecule has 0 aliphatic heterocycles. The van der Waals surface area contributed by atoms with E-state index in [2.05, 4.69) is 15.7 Å². The van der Waals surface area contributed by atoms with Crippen LogP contribution in [0.1, 0.15) is 92.0 Å². The second-order valence-corrected chi connectivity index (χ2v) is 11.3. The Morgan fingerprint density at radius 2 is 1.81 bits per heavy atom. The molecule has 42 heavy (non-hydrogen) atoms. The van der Waals surface area contributed by atoms with Gasteiger partial charge in [0.05, 0.1) is 30.2 Å².